The monoisotopic (exact) mass is 298 g/mol. The van der Waals surface area contributed by atoms with E-state index in [-0.39, 0.29) is 5.91 Å². The van der Waals surface area contributed by atoms with Crippen molar-refractivity contribution in [2.75, 3.05) is 11.4 Å². The van der Waals surface area contributed by atoms with E-state index in [1.54, 1.807) is 24.5 Å². The normalized spacial score (nSPS) is 13.4. The molecule has 1 aromatic heterocycles. The van der Waals surface area contributed by atoms with Crippen molar-refractivity contribution in [2.45, 2.75) is 6.42 Å². The molecule has 2 heterocycles. The maximum atomic E-state index is 11.9. The number of anilines is 1. The molecule has 0 aliphatic carbocycles. The fraction of sp³-hybridized carbons (Fsp3) is 0.125. The summed E-state index contributed by atoms with van der Waals surface area (Å²) in [4.78, 5) is 13.8. The van der Waals surface area contributed by atoms with Gasteiger partial charge in [-0.2, -0.15) is 0 Å². The van der Waals surface area contributed by atoms with Gasteiger partial charge in [-0.1, -0.05) is 18.2 Å². The van der Waals surface area contributed by atoms with E-state index in [2.05, 4.69) is 11.4 Å². The summed E-state index contributed by atoms with van der Waals surface area (Å²) in [6.07, 6.45) is 5.51. The molecule has 0 saturated heterocycles. The first-order valence-corrected chi connectivity index (χ1v) is 7.07. The van der Waals surface area contributed by atoms with Gasteiger partial charge in [-0.05, 0) is 48.5 Å². The lowest BCUT2D eigenvalue weighted by atomic mass is 10.2. The molecule has 1 N–H and O–H groups in total. The van der Waals surface area contributed by atoms with Crippen molar-refractivity contribution in [1.82, 2.24) is 5.32 Å². The quantitative estimate of drug-likeness (QED) is 0.684. The van der Waals surface area contributed by atoms with Gasteiger partial charge < -0.3 is 9.32 Å². The van der Waals surface area contributed by atoms with E-state index in [0.717, 1.165) is 18.7 Å². The van der Waals surface area contributed by atoms with E-state index in [1.807, 2.05) is 23.1 Å². The molecule has 106 valence electrons. The molecule has 0 fully saturated rings. The number of fused-ring (bicyclic) bond motifs is 1. The predicted molar refractivity (Wildman–Crippen MR) is 86.0 cm³/mol. The Labute approximate surface area is 128 Å². The third kappa shape index (κ3) is 3.03. The highest BCUT2D eigenvalue weighted by atomic mass is 32.1. The fourth-order valence-electron chi connectivity index (χ4n) is 2.31. The minimum Gasteiger partial charge on any atom is -0.465 e. The van der Waals surface area contributed by atoms with Gasteiger partial charge in [-0.3, -0.25) is 10.1 Å². The number of thiocarbonyl (C=S) groups is 1. The number of amides is 1. The Kier molecular flexibility index (Phi) is 3.83. The zero-order valence-corrected chi connectivity index (χ0v) is 12.1. The molecule has 1 aliphatic rings. The summed E-state index contributed by atoms with van der Waals surface area (Å²) < 4.78 is 5.13. The van der Waals surface area contributed by atoms with Crippen LogP contribution in [0, 0.1) is 0 Å². The third-order valence-electron chi connectivity index (χ3n) is 3.30. The van der Waals surface area contributed by atoms with Crippen molar-refractivity contribution in [2.24, 2.45) is 0 Å². The van der Waals surface area contributed by atoms with Crippen LogP contribution in [0.15, 0.2) is 53.2 Å². The average Bonchev–Trinajstić information content (AvgIpc) is 3.14. The standard InChI is InChI=1S/C16H14N2O2S/c19-15(8-7-13-5-3-11-20-13)17-16(21)18-10-9-12-4-1-2-6-14(12)18/h1-8,11H,9-10H2,(H,17,19,21)/b8-7+. The van der Waals surface area contributed by atoms with Gasteiger partial charge in [0.05, 0.1) is 6.26 Å². The van der Waals surface area contributed by atoms with E-state index < -0.39 is 0 Å². The van der Waals surface area contributed by atoms with Crippen molar-refractivity contribution in [1.29, 1.82) is 0 Å². The molecule has 3 rings (SSSR count). The van der Waals surface area contributed by atoms with E-state index in [0.29, 0.717) is 10.9 Å². The van der Waals surface area contributed by atoms with Crippen molar-refractivity contribution in [3.05, 3.63) is 60.1 Å². The lowest BCUT2D eigenvalue weighted by molar-refractivity contribution is -0.115. The molecule has 0 bridgehead atoms. The Morgan fingerprint density at radius 1 is 1.29 bits per heavy atom. The molecule has 0 unspecified atom stereocenters. The maximum absolute atomic E-state index is 11.9. The van der Waals surface area contributed by atoms with Gasteiger partial charge >= 0.3 is 0 Å². The Bertz CT molecular complexity index is 692. The van der Waals surface area contributed by atoms with Crippen LogP contribution in [0.4, 0.5) is 5.69 Å². The van der Waals surface area contributed by atoms with E-state index in [9.17, 15) is 4.79 Å². The molecule has 0 spiro atoms. The summed E-state index contributed by atoms with van der Waals surface area (Å²) in [5, 5.41) is 3.14. The summed E-state index contributed by atoms with van der Waals surface area (Å²) >= 11 is 5.32. The van der Waals surface area contributed by atoms with Crippen molar-refractivity contribution in [3.63, 3.8) is 0 Å². The first kappa shape index (κ1) is 13.6. The van der Waals surface area contributed by atoms with Crippen LogP contribution in [-0.2, 0) is 11.2 Å². The Morgan fingerprint density at radius 3 is 2.95 bits per heavy atom. The van der Waals surface area contributed by atoms with E-state index >= 15 is 0 Å². The molecule has 0 radical (unpaired) electrons. The Hall–Kier alpha value is -2.40. The summed E-state index contributed by atoms with van der Waals surface area (Å²) in [7, 11) is 0. The van der Waals surface area contributed by atoms with Crippen LogP contribution in [0.1, 0.15) is 11.3 Å². The molecule has 1 aliphatic heterocycles. The highest BCUT2D eigenvalue weighted by Crippen LogP contribution is 2.27. The molecule has 1 amide bonds. The average molecular weight is 298 g/mol. The second-order valence-corrected chi connectivity index (χ2v) is 5.06. The number of furan rings is 1. The Balaban J connectivity index is 1.63. The largest absolute Gasteiger partial charge is 0.465 e. The third-order valence-corrected chi connectivity index (χ3v) is 3.63. The van der Waals surface area contributed by atoms with Gasteiger partial charge in [0.15, 0.2) is 5.11 Å². The zero-order chi connectivity index (χ0) is 14.7. The molecular formula is C16H14N2O2S. The van der Waals surface area contributed by atoms with Gasteiger partial charge in [0.25, 0.3) is 0 Å². The topological polar surface area (TPSA) is 45.5 Å². The first-order chi connectivity index (χ1) is 10.2. The molecule has 0 saturated carbocycles. The molecule has 2 aromatic rings. The van der Waals surface area contributed by atoms with Gasteiger partial charge in [0, 0.05) is 18.3 Å². The zero-order valence-electron chi connectivity index (χ0n) is 11.3. The van der Waals surface area contributed by atoms with Gasteiger partial charge in [-0.25, -0.2) is 0 Å². The number of benzene rings is 1. The van der Waals surface area contributed by atoms with Gasteiger partial charge in [-0.15, -0.1) is 0 Å². The number of nitrogens with zero attached hydrogens (tertiary/aromatic N) is 1. The lowest BCUT2D eigenvalue weighted by Crippen LogP contribution is -2.41. The number of carbonyl (C=O) groups is 1. The van der Waals surface area contributed by atoms with Crippen LogP contribution in [0.25, 0.3) is 6.08 Å². The second-order valence-electron chi connectivity index (χ2n) is 4.67. The minimum atomic E-state index is -0.263. The number of carbonyl (C=O) groups excluding carboxylic acids is 1. The predicted octanol–water partition coefficient (Wildman–Crippen LogP) is 2.76. The molecular weight excluding hydrogens is 284 g/mol. The SMILES string of the molecule is O=C(/C=C/c1ccco1)NC(=S)N1CCc2ccccc21. The van der Waals surface area contributed by atoms with E-state index in [1.165, 1.54) is 11.6 Å². The smallest absolute Gasteiger partial charge is 0.250 e. The second kappa shape index (κ2) is 5.93. The number of para-hydroxylation sites is 1. The molecule has 5 heteroatoms. The summed E-state index contributed by atoms with van der Waals surface area (Å²) in [5.41, 5.74) is 2.32. The summed E-state index contributed by atoms with van der Waals surface area (Å²) in [5.74, 6) is 0.364. The van der Waals surface area contributed by atoms with Crippen molar-refractivity contribution < 1.29 is 9.21 Å². The van der Waals surface area contributed by atoms with E-state index in [4.69, 9.17) is 16.6 Å². The van der Waals surface area contributed by atoms with Crippen LogP contribution in [0.3, 0.4) is 0 Å². The molecule has 4 nitrogen and oxygen atoms in total. The highest BCUT2D eigenvalue weighted by Gasteiger charge is 2.22. The highest BCUT2D eigenvalue weighted by molar-refractivity contribution is 7.80. The number of hydrogen-bond donors (Lipinski definition) is 1. The van der Waals surface area contributed by atoms with Crippen LogP contribution in [0.2, 0.25) is 0 Å². The van der Waals surface area contributed by atoms with Gasteiger partial charge in [0.1, 0.15) is 5.76 Å². The number of hydrogen-bond acceptors (Lipinski definition) is 3. The van der Waals surface area contributed by atoms with Crippen LogP contribution >= 0.6 is 12.2 Å². The van der Waals surface area contributed by atoms with Crippen LogP contribution in [0.5, 0.6) is 0 Å². The molecule has 0 atom stereocenters. The van der Waals surface area contributed by atoms with Crippen molar-refractivity contribution in [3.8, 4) is 0 Å². The Morgan fingerprint density at radius 2 is 2.14 bits per heavy atom. The minimum absolute atomic E-state index is 0.263. The van der Waals surface area contributed by atoms with Gasteiger partial charge in [0.2, 0.25) is 5.91 Å². The number of rotatable bonds is 2. The van der Waals surface area contributed by atoms with Crippen molar-refractivity contribution >= 4 is 35.0 Å². The number of nitrogens with one attached hydrogen (secondary N) is 1. The molecule has 1 aromatic carbocycles. The van der Waals surface area contributed by atoms with Crippen LogP contribution in [-0.4, -0.2) is 17.6 Å². The summed E-state index contributed by atoms with van der Waals surface area (Å²) in [6.45, 7) is 0.792. The van der Waals surface area contributed by atoms with Crippen LogP contribution < -0.4 is 10.2 Å². The first-order valence-electron chi connectivity index (χ1n) is 6.66. The maximum Gasteiger partial charge on any atom is 0.250 e. The molecule has 21 heavy (non-hydrogen) atoms. The summed E-state index contributed by atoms with van der Waals surface area (Å²) in [6, 6.07) is 11.6. The fourth-order valence-corrected chi connectivity index (χ4v) is 2.60. The lowest BCUT2D eigenvalue weighted by Gasteiger charge is -2.19.